The average molecular weight is 636 g/mol. The van der Waals surface area contributed by atoms with Crippen LogP contribution < -0.4 is 4.90 Å². The van der Waals surface area contributed by atoms with E-state index in [1.54, 1.807) is 0 Å². The van der Waals surface area contributed by atoms with Gasteiger partial charge in [-0.15, -0.1) is 0 Å². The topological polar surface area (TPSA) is 66.8 Å². The maximum absolute atomic E-state index is 13.7. The van der Waals surface area contributed by atoms with E-state index in [-0.39, 0.29) is 30.9 Å². The van der Waals surface area contributed by atoms with E-state index in [2.05, 4.69) is 13.0 Å². The normalized spacial score (nSPS) is 24.0. The Morgan fingerprint density at radius 1 is 0.911 bits per heavy atom. The fourth-order valence-electron chi connectivity index (χ4n) is 7.17. The van der Waals surface area contributed by atoms with Crippen LogP contribution in [0.2, 0.25) is 0 Å². The van der Waals surface area contributed by atoms with Gasteiger partial charge in [-0.3, -0.25) is 9.59 Å². The van der Waals surface area contributed by atoms with E-state index in [1.807, 2.05) is 32.9 Å². The average Bonchev–Trinajstić information content (AvgIpc) is 3.48. The molecule has 2 aromatic rings. The quantitative estimate of drug-likeness (QED) is 0.188. The lowest BCUT2D eigenvalue weighted by molar-refractivity contribution is -0.143. The van der Waals surface area contributed by atoms with E-state index < -0.39 is 58.7 Å². The number of carbonyl (C=O) groups excluding carboxylic acids is 2. The zero-order valence-corrected chi connectivity index (χ0v) is 25.4. The number of phenolic OH excluding ortho intramolecular Hbond substituents is 1. The number of alkyl halides is 6. The van der Waals surface area contributed by atoms with Crippen molar-refractivity contribution in [3.05, 3.63) is 74.9 Å². The number of benzene rings is 2. The van der Waals surface area contributed by atoms with Crippen molar-refractivity contribution in [3.8, 4) is 5.75 Å². The number of nitrogens with zero attached hydrogens (tertiary/aromatic N) is 1. The summed E-state index contributed by atoms with van der Waals surface area (Å²) in [6.45, 7) is 7.74. The Balaban J connectivity index is 1.39. The van der Waals surface area contributed by atoms with Gasteiger partial charge in [-0.25, -0.2) is 4.90 Å². The van der Waals surface area contributed by atoms with Gasteiger partial charge in [0, 0.05) is 5.92 Å². The van der Waals surface area contributed by atoms with Gasteiger partial charge in [-0.2, -0.15) is 26.3 Å². The molecule has 2 aliphatic heterocycles. The maximum atomic E-state index is 13.7. The number of halogens is 6. The molecule has 3 aliphatic rings. The number of carbonyl (C=O) groups is 2. The van der Waals surface area contributed by atoms with Gasteiger partial charge in [-0.1, -0.05) is 30.6 Å². The summed E-state index contributed by atoms with van der Waals surface area (Å²) in [6.07, 6.45) is -5.22. The Morgan fingerprint density at radius 2 is 1.51 bits per heavy atom. The lowest BCUT2D eigenvalue weighted by Crippen LogP contribution is -2.34. The van der Waals surface area contributed by atoms with Crippen molar-refractivity contribution in [2.45, 2.75) is 78.3 Å². The van der Waals surface area contributed by atoms with Gasteiger partial charge in [0.25, 0.3) is 0 Å². The molecule has 45 heavy (non-hydrogen) atoms. The molecule has 2 amide bonds. The standard InChI is InChI=1S/C34H35F6NO4/c1-5-6-20(12-21-9-18(3)30(42)19(4)10-21)7-8-27-28-17(2)11-25-29(26(28)16-45-27)32(44)41(31(25)43)24-14-22(33(35,36)37)13-23(15-24)34(38,39)40/h9-10,12-15,25-27,29,42H,5-8,11,16H2,1-4H3/b20-12+/t25-,26+,27-,29-/m1/s1. The van der Waals surface area contributed by atoms with Gasteiger partial charge >= 0.3 is 12.4 Å². The first-order chi connectivity index (χ1) is 21.0. The molecule has 0 unspecified atom stereocenters. The highest BCUT2D eigenvalue weighted by atomic mass is 19.4. The summed E-state index contributed by atoms with van der Waals surface area (Å²) in [4.78, 5) is 27.7. The van der Waals surface area contributed by atoms with Gasteiger partial charge in [-0.05, 0) is 99.0 Å². The van der Waals surface area contributed by atoms with E-state index in [4.69, 9.17) is 4.74 Å². The van der Waals surface area contributed by atoms with Crippen LogP contribution in [0.5, 0.6) is 5.75 Å². The molecule has 0 saturated carbocycles. The number of fused-ring (bicyclic) bond motifs is 3. The highest BCUT2D eigenvalue weighted by Crippen LogP contribution is 2.51. The molecular formula is C34H35F6NO4. The third kappa shape index (κ3) is 6.28. The molecule has 1 aliphatic carbocycles. The summed E-state index contributed by atoms with van der Waals surface area (Å²) in [5.74, 6) is -3.66. The van der Waals surface area contributed by atoms with Crippen LogP contribution in [0.4, 0.5) is 32.0 Å². The predicted molar refractivity (Wildman–Crippen MR) is 156 cm³/mol. The van der Waals surface area contributed by atoms with Crippen LogP contribution in [0.25, 0.3) is 6.08 Å². The molecule has 1 N–H and O–H groups in total. The molecule has 11 heteroatoms. The highest BCUT2D eigenvalue weighted by molar-refractivity contribution is 6.22. The van der Waals surface area contributed by atoms with Gasteiger partial charge in [0.2, 0.25) is 11.8 Å². The fraction of sp³-hybridized carbons (Fsp3) is 0.471. The van der Waals surface area contributed by atoms with Gasteiger partial charge in [0.05, 0.1) is 41.4 Å². The molecule has 2 fully saturated rings. The SMILES string of the molecule is CCC/C(=C\c1cc(C)c(O)c(C)c1)CC[C@H]1OC[C@H]2C1=C(C)C[C@H]1C(=O)N(c3cc(C(F)(F)F)cc(C(F)(F)F)c3)C(=O)[C@H]12. The number of ether oxygens (including phenoxy) is 1. The van der Waals surface area contributed by atoms with Crippen LogP contribution in [-0.4, -0.2) is 29.6 Å². The largest absolute Gasteiger partial charge is 0.507 e. The smallest absolute Gasteiger partial charge is 0.416 e. The monoisotopic (exact) mass is 635 g/mol. The number of phenols is 1. The van der Waals surface area contributed by atoms with E-state index in [0.717, 1.165) is 40.7 Å². The van der Waals surface area contributed by atoms with E-state index in [9.17, 15) is 41.0 Å². The Kier molecular flexibility index (Phi) is 8.72. The van der Waals surface area contributed by atoms with Crippen molar-refractivity contribution in [1.29, 1.82) is 0 Å². The molecule has 2 heterocycles. The first kappa shape index (κ1) is 32.8. The second-order valence-corrected chi connectivity index (χ2v) is 12.4. The Bertz CT molecular complexity index is 1530. The van der Waals surface area contributed by atoms with Crippen LogP contribution in [0.1, 0.15) is 73.8 Å². The molecule has 0 spiro atoms. The number of aromatic hydroxyl groups is 1. The number of imide groups is 1. The summed E-state index contributed by atoms with van der Waals surface area (Å²) in [5.41, 5.74) is 1.57. The minimum atomic E-state index is -5.11. The van der Waals surface area contributed by atoms with Crippen LogP contribution in [0.3, 0.4) is 0 Å². The summed E-state index contributed by atoms with van der Waals surface area (Å²) in [6, 6.07) is 4.67. The van der Waals surface area contributed by atoms with Crippen molar-refractivity contribution in [2.24, 2.45) is 17.8 Å². The fourth-order valence-corrected chi connectivity index (χ4v) is 7.17. The molecule has 2 saturated heterocycles. The summed E-state index contributed by atoms with van der Waals surface area (Å²) in [5, 5.41) is 10.1. The molecular weight excluding hydrogens is 600 g/mol. The first-order valence-corrected chi connectivity index (χ1v) is 15.0. The maximum Gasteiger partial charge on any atom is 0.416 e. The zero-order valence-electron chi connectivity index (χ0n) is 25.4. The Morgan fingerprint density at radius 3 is 2.07 bits per heavy atom. The van der Waals surface area contributed by atoms with Gasteiger partial charge in [0.15, 0.2) is 0 Å². The highest BCUT2D eigenvalue weighted by Gasteiger charge is 2.57. The van der Waals surface area contributed by atoms with Crippen LogP contribution >= 0.6 is 0 Å². The van der Waals surface area contributed by atoms with E-state index >= 15 is 0 Å². The zero-order chi connectivity index (χ0) is 33.0. The van der Waals surface area contributed by atoms with E-state index in [0.29, 0.717) is 29.9 Å². The third-order valence-electron chi connectivity index (χ3n) is 9.17. The molecule has 4 atom stereocenters. The van der Waals surface area contributed by atoms with Crippen molar-refractivity contribution in [1.82, 2.24) is 0 Å². The lowest BCUT2D eigenvalue weighted by Gasteiger charge is -2.30. The number of hydrogen-bond acceptors (Lipinski definition) is 4. The predicted octanol–water partition coefficient (Wildman–Crippen LogP) is 8.55. The Hall–Kier alpha value is -3.60. The minimum Gasteiger partial charge on any atom is -0.507 e. The van der Waals surface area contributed by atoms with Gasteiger partial charge < -0.3 is 9.84 Å². The lowest BCUT2D eigenvalue weighted by atomic mass is 9.70. The second-order valence-electron chi connectivity index (χ2n) is 12.4. The molecule has 0 bridgehead atoms. The number of allylic oxidation sites excluding steroid dienone is 2. The van der Waals surface area contributed by atoms with Crippen molar-refractivity contribution < 1.29 is 45.8 Å². The number of aryl methyl sites for hydroxylation is 2. The number of hydrogen-bond donors (Lipinski definition) is 1. The summed E-state index contributed by atoms with van der Waals surface area (Å²) >= 11 is 0. The van der Waals surface area contributed by atoms with Crippen LogP contribution in [0, 0.1) is 31.6 Å². The van der Waals surface area contributed by atoms with Crippen molar-refractivity contribution in [2.75, 3.05) is 11.5 Å². The van der Waals surface area contributed by atoms with Gasteiger partial charge in [0.1, 0.15) is 5.75 Å². The van der Waals surface area contributed by atoms with Crippen molar-refractivity contribution >= 4 is 23.6 Å². The van der Waals surface area contributed by atoms with Crippen LogP contribution in [0.15, 0.2) is 47.1 Å². The molecule has 0 radical (unpaired) electrons. The second kappa shape index (κ2) is 12.0. The van der Waals surface area contributed by atoms with E-state index in [1.165, 1.54) is 5.57 Å². The van der Waals surface area contributed by atoms with Crippen LogP contribution in [-0.2, 0) is 26.7 Å². The minimum absolute atomic E-state index is 0.0218. The molecule has 5 nitrogen and oxygen atoms in total. The molecule has 242 valence electrons. The summed E-state index contributed by atoms with van der Waals surface area (Å²) in [7, 11) is 0. The molecule has 2 aromatic carbocycles. The molecule has 0 aromatic heterocycles. The third-order valence-corrected chi connectivity index (χ3v) is 9.17. The molecule has 5 rings (SSSR count). The van der Waals surface area contributed by atoms with Crippen molar-refractivity contribution in [3.63, 3.8) is 0 Å². The number of anilines is 1. The number of rotatable bonds is 7. The number of amides is 2. The summed E-state index contributed by atoms with van der Waals surface area (Å²) < 4.78 is 87.4. The Labute approximate surface area is 257 Å². The first-order valence-electron chi connectivity index (χ1n) is 15.0.